The second-order valence-electron chi connectivity index (χ2n) is 9.23. The molecule has 2 saturated heterocycles. The normalized spacial score (nSPS) is 44.4. The van der Waals surface area contributed by atoms with Crippen molar-refractivity contribution in [1.29, 1.82) is 0 Å². The number of nitrogens with zero attached hydrogens (tertiary/aromatic N) is 2. The molecule has 132 valence electrons. The van der Waals surface area contributed by atoms with Crippen LogP contribution >= 0.6 is 0 Å². The maximum Gasteiger partial charge on any atom is 0.226 e. The minimum absolute atomic E-state index is 0.287. The molecule has 0 unspecified atom stereocenters. The van der Waals surface area contributed by atoms with E-state index < -0.39 is 0 Å². The highest BCUT2D eigenvalue weighted by molar-refractivity contribution is 5.81. The molecule has 6 fully saturated rings. The fraction of sp³-hybridized carbons (Fsp3) is 0.900. The molecule has 0 aromatic rings. The van der Waals surface area contributed by atoms with Crippen LogP contribution in [0.4, 0.5) is 0 Å². The Kier molecular flexibility index (Phi) is 3.64. The summed E-state index contributed by atoms with van der Waals surface area (Å²) >= 11 is 0. The number of amides is 2. The molecule has 2 heterocycles. The molecule has 0 N–H and O–H groups in total. The van der Waals surface area contributed by atoms with Gasteiger partial charge in [0.1, 0.15) is 0 Å². The lowest BCUT2D eigenvalue weighted by atomic mass is 9.51. The molecule has 24 heavy (non-hydrogen) atoms. The molecule has 4 heteroatoms. The van der Waals surface area contributed by atoms with Gasteiger partial charge in [0.25, 0.3) is 0 Å². The third-order valence-electron chi connectivity index (χ3n) is 7.77. The van der Waals surface area contributed by atoms with Gasteiger partial charge in [0.2, 0.25) is 11.8 Å². The number of piperidine rings is 1. The molecule has 4 nitrogen and oxygen atoms in total. The first kappa shape index (κ1) is 15.2. The molecule has 2 amide bonds. The van der Waals surface area contributed by atoms with Crippen LogP contribution in [-0.2, 0) is 9.59 Å². The largest absolute Gasteiger partial charge is 0.340 e. The second-order valence-corrected chi connectivity index (χ2v) is 9.23. The Morgan fingerprint density at radius 2 is 1.62 bits per heavy atom. The summed E-state index contributed by atoms with van der Waals surface area (Å²) in [5.74, 6) is 4.25. The van der Waals surface area contributed by atoms with Crippen LogP contribution in [0.3, 0.4) is 0 Å². The van der Waals surface area contributed by atoms with Crippen molar-refractivity contribution in [2.45, 2.75) is 63.8 Å². The fourth-order valence-corrected chi connectivity index (χ4v) is 7.00. The zero-order valence-electron chi connectivity index (χ0n) is 14.7. The van der Waals surface area contributed by atoms with E-state index in [0.29, 0.717) is 36.0 Å². The summed E-state index contributed by atoms with van der Waals surface area (Å²) in [6, 6.07) is 0.287. The number of carbonyl (C=O) groups is 2. The van der Waals surface area contributed by atoms with Gasteiger partial charge in [-0.05, 0) is 75.0 Å². The first-order valence-corrected chi connectivity index (χ1v) is 10.3. The van der Waals surface area contributed by atoms with Crippen molar-refractivity contribution in [3.05, 3.63) is 0 Å². The molecule has 1 atom stereocenters. The summed E-state index contributed by atoms with van der Waals surface area (Å²) in [5, 5.41) is 0. The Bertz CT molecular complexity index is 518. The van der Waals surface area contributed by atoms with Crippen LogP contribution in [0.2, 0.25) is 0 Å². The molecule has 0 spiro atoms. The highest BCUT2D eigenvalue weighted by Gasteiger charge is 2.52. The van der Waals surface area contributed by atoms with Crippen molar-refractivity contribution < 1.29 is 9.59 Å². The molecule has 2 aliphatic heterocycles. The summed E-state index contributed by atoms with van der Waals surface area (Å²) in [6.07, 6.45) is 10.5. The van der Waals surface area contributed by atoms with Crippen LogP contribution in [0.25, 0.3) is 0 Å². The topological polar surface area (TPSA) is 40.6 Å². The number of carbonyl (C=O) groups excluding carboxylic acids is 2. The fourth-order valence-electron chi connectivity index (χ4n) is 7.00. The van der Waals surface area contributed by atoms with Crippen LogP contribution in [0.15, 0.2) is 0 Å². The Morgan fingerprint density at radius 1 is 0.917 bits per heavy atom. The molecule has 4 saturated carbocycles. The van der Waals surface area contributed by atoms with Gasteiger partial charge in [-0.2, -0.15) is 0 Å². The van der Waals surface area contributed by atoms with E-state index in [9.17, 15) is 9.59 Å². The number of rotatable bonds is 2. The van der Waals surface area contributed by atoms with Gasteiger partial charge < -0.3 is 9.80 Å². The lowest BCUT2D eigenvalue weighted by molar-refractivity contribution is -0.152. The van der Waals surface area contributed by atoms with Gasteiger partial charge in [0.05, 0.1) is 0 Å². The molecular formula is C20H30N2O2. The number of hydrogen-bond acceptors (Lipinski definition) is 2. The molecule has 6 aliphatic rings. The average Bonchev–Trinajstić information content (AvgIpc) is 3.00. The minimum atomic E-state index is 0.287. The molecule has 0 aromatic carbocycles. The Morgan fingerprint density at radius 3 is 2.25 bits per heavy atom. The summed E-state index contributed by atoms with van der Waals surface area (Å²) in [6.45, 7) is 2.62. The average molecular weight is 330 g/mol. The molecule has 6 rings (SSSR count). The summed E-state index contributed by atoms with van der Waals surface area (Å²) in [7, 11) is 0. The van der Waals surface area contributed by atoms with E-state index >= 15 is 0 Å². The molecular weight excluding hydrogens is 300 g/mol. The van der Waals surface area contributed by atoms with Gasteiger partial charge in [-0.1, -0.05) is 0 Å². The van der Waals surface area contributed by atoms with E-state index in [1.807, 2.05) is 0 Å². The van der Waals surface area contributed by atoms with Crippen LogP contribution in [-0.4, -0.2) is 47.3 Å². The Labute approximate surface area is 144 Å². The van der Waals surface area contributed by atoms with Crippen molar-refractivity contribution in [2.24, 2.45) is 29.6 Å². The summed E-state index contributed by atoms with van der Waals surface area (Å²) in [5.41, 5.74) is 0. The van der Waals surface area contributed by atoms with E-state index in [-0.39, 0.29) is 6.04 Å². The van der Waals surface area contributed by atoms with Gasteiger partial charge >= 0.3 is 0 Å². The first-order chi connectivity index (χ1) is 11.7. The maximum atomic E-state index is 13.4. The highest BCUT2D eigenvalue weighted by atomic mass is 16.2. The lowest BCUT2D eigenvalue weighted by Crippen LogP contribution is -2.56. The van der Waals surface area contributed by atoms with E-state index in [1.165, 1.54) is 32.1 Å². The maximum absolute atomic E-state index is 13.4. The van der Waals surface area contributed by atoms with Gasteiger partial charge in [-0.25, -0.2) is 0 Å². The van der Waals surface area contributed by atoms with E-state index in [4.69, 9.17) is 0 Å². The van der Waals surface area contributed by atoms with Gasteiger partial charge in [-0.15, -0.1) is 0 Å². The van der Waals surface area contributed by atoms with Crippen molar-refractivity contribution in [3.63, 3.8) is 0 Å². The van der Waals surface area contributed by atoms with Crippen molar-refractivity contribution in [1.82, 2.24) is 9.80 Å². The van der Waals surface area contributed by atoms with Crippen molar-refractivity contribution >= 4 is 11.8 Å². The van der Waals surface area contributed by atoms with Crippen LogP contribution < -0.4 is 0 Å². The third-order valence-corrected chi connectivity index (χ3v) is 7.77. The number of hydrogen-bond donors (Lipinski definition) is 0. The SMILES string of the molecule is O=C(C1C2CC3CC(C2)CC1C3)N1CCC[C@H](N2CCCC2=O)C1. The second kappa shape index (κ2) is 5.74. The standard InChI is InChI=1S/C20H30N2O2/c23-18-4-2-6-22(18)17-3-1-5-21(12-17)20(24)19-15-8-13-7-14(10-15)11-16(19)9-13/h13-17,19H,1-12H2/t13?,14?,15?,16?,17-,19?/m0/s1. The van der Waals surface area contributed by atoms with Crippen molar-refractivity contribution in [3.8, 4) is 0 Å². The Hall–Kier alpha value is -1.06. The monoisotopic (exact) mass is 330 g/mol. The quantitative estimate of drug-likeness (QED) is 0.781. The minimum Gasteiger partial charge on any atom is -0.340 e. The predicted octanol–water partition coefficient (Wildman–Crippen LogP) is 2.67. The summed E-state index contributed by atoms with van der Waals surface area (Å²) < 4.78 is 0. The highest BCUT2D eigenvalue weighted by Crippen LogP contribution is 2.57. The number of likely N-dealkylation sites (tertiary alicyclic amines) is 2. The first-order valence-electron chi connectivity index (χ1n) is 10.3. The van der Waals surface area contributed by atoms with Crippen LogP contribution in [0.5, 0.6) is 0 Å². The molecule has 0 aromatic heterocycles. The van der Waals surface area contributed by atoms with Crippen LogP contribution in [0.1, 0.15) is 57.8 Å². The van der Waals surface area contributed by atoms with Crippen LogP contribution in [0, 0.1) is 29.6 Å². The zero-order valence-corrected chi connectivity index (χ0v) is 14.7. The van der Waals surface area contributed by atoms with Gasteiger partial charge in [0, 0.05) is 38.0 Å². The lowest BCUT2D eigenvalue weighted by Gasteiger charge is -2.54. The predicted molar refractivity (Wildman–Crippen MR) is 91.1 cm³/mol. The summed E-state index contributed by atoms with van der Waals surface area (Å²) in [4.78, 5) is 29.6. The van der Waals surface area contributed by atoms with E-state index in [0.717, 1.165) is 50.7 Å². The van der Waals surface area contributed by atoms with Crippen molar-refractivity contribution in [2.75, 3.05) is 19.6 Å². The third kappa shape index (κ3) is 2.40. The zero-order chi connectivity index (χ0) is 16.3. The molecule has 0 radical (unpaired) electrons. The van der Waals surface area contributed by atoms with Gasteiger partial charge in [-0.3, -0.25) is 9.59 Å². The van der Waals surface area contributed by atoms with E-state index in [1.54, 1.807) is 0 Å². The van der Waals surface area contributed by atoms with Gasteiger partial charge in [0.15, 0.2) is 0 Å². The Balaban J connectivity index is 1.29. The molecule has 4 bridgehead atoms. The smallest absolute Gasteiger partial charge is 0.226 e. The molecule has 4 aliphatic carbocycles. The van der Waals surface area contributed by atoms with E-state index in [2.05, 4.69) is 9.80 Å².